The van der Waals surface area contributed by atoms with Gasteiger partial charge in [-0.05, 0) is 77.7 Å². The van der Waals surface area contributed by atoms with Gasteiger partial charge in [0.2, 0.25) is 0 Å². The summed E-state index contributed by atoms with van der Waals surface area (Å²) in [5.41, 5.74) is 1.28. The zero-order valence-corrected chi connectivity index (χ0v) is 14.2. The Balaban J connectivity index is 1.85. The minimum absolute atomic E-state index is 0.373. The van der Waals surface area contributed by atoms with Gasteiger partial charge in [0.1, 0.15) is 0 Å². The monoisotopic (exact) mass is 309 g/mol. The number of halogens is 1. The van der Waals surface area contributed by atoms with E-state index in [1.54, 1.807) is 0 Å². The van der Waals surface area contributed by atoms with Crippen molar-refractivity contribution in [1.29, 1.82) is 0 Å². The van der Waals surface area contributed by atoms with Crippen LogP contribution in [0.25, 0.3) is 0 Å². The van der Waals surface area contributed by atoms with Crippen molar-refractivity contribution < 1.29 is 0 Å². The number of hydrogen-bond donors (Lipinski definition) is 1. The van der Waals surface area contributed by atoms with Gasteiger partial charge in [0.25, 0.3) is 0 Å². The van der Waals surface area contributed by atoms with Crippen LogP contribution in [-0.4, -0.2) is 56.6 Å². The molecule has 1 aliphatic rings. The largest absolute Gasteiger partial charge is 0.313 e. The lowest BCUT2D eigenvalue weighted by atomic mass is 10.0. The van der Waals surface area contributed by atoms with Crippen molar-refractivity contribution >= 4 is 11.6 Å². The first kappa shape index (κ1) is 16.8. The summed E-state index contributed by atoms with van der Waals surface area (Å²) in [6.07, 6.45) is 3.68. The molecule has 1 N–H and O–H groups in total. The normalized spacial score (nSPS) is 19.1. The Kier molecular flexibility index (Phi) is 6.49. The molecule has 0 radical (unpaired) electrons. The molecule has 1 saturated heterocycles. The van der Waals surface area contributed by atoms with Crippen molar-refractivity contribution in [2.24, 2.45) is 0 Å². The molecule has 1 heterocycles. The van der Waals surface area contributed by atoms with Crippen molar-refractivity contribution in [3.05, 3.63) is 34.9 Å². The molecule has 2 rings (SSSR count). The summed E-state index contributed by atoms with van der Waals surface area (Å²) in [5, 5.41) is 4.23. The highest BCUT2D eigenvalue weighted by Crippen LogP contribution is 2.22. The van der Waals surface area contributed by atoms with Gasteiger partial charge >= 0.3 is 0 Å². The van der Waals surface area contributed by atoms with Crippen molar-refractivity contribution in [3.8, 4) is 0 Å². The van der Waals surface area contributed by atoms with Crippen LogP contribution in [0.3, 0.4) is 0 Å². The van der Waals surface area contributed by atoms with Gasteiger partial charge in [0.05, 0.1) is 0 Å². The summed E-state index contributed by atoms with van der Waals surface area (Å²) < 4.78 is 0. The van der Waals surface area contributed by atoms with Crippen LogP contribution in [-0.2, 0) is 0 Å². The van der Waals surface area contributed by atoms with E-state index in [1.165, 1.54) is 31.5 Å². The second kappa shape index (κ2) is 8.14. The molecule has 0 aliphatic carbocycles. The van der Waals surface area contributed by atoms with Gasteiger partial charge in [0.15, 0.2) is 0 Å². The van der Waals surface area contributed by atoms with E-state index >= 15 is 0 Å². The Hall–Kier alpha value is -0.610. The van der Waals surface area contributed by atoms with Gasteiger partial charge < -0.3 is 15.1 Å². The van der Waals surface area contributed by atoms with Crippen LogP contribution in [0.5, 0.6) is 0 Å². The summed E-state index contributed by atoms with van der Waals surface area (Å²) in [4.78, 5) is 4.95. The standard InChI is InChI=1S/C17H28ClN3/c1-19-17(14-5-4-6-15(18)13-14)9-12-21(3)16-7-10-20(2)11-8-16/h4-6,13,16-17,19H,7-12H2,1-3H3. The average Bonchev–Trinajstić information content (AvgIpc) is 2.48. The zero-order valence-electron chi connectivity index (χ0n) is 13.5. The predicted molar refractivity (Wildman–Crippen MR) is 91.0 cm³/mol. The summed E-state index contributed by atoms with van der Waals surface area (Å²) in [6, 6.07) is 9.29. The first-order chi connectivity index (χ1) is 10.1. The van der Waals surface area contributed by atoms with E-state index in [9.17, 15) is 0 Å². The van der Waals surface area contributed by atoms with Gasteiger partial charge in [-0.3, -0.25) is 0 Å². The van der Waals surface area contributed by atoms with Crippen LogP contribution in [0.2, 0.25) is 5.02 Å². The van der Waals surface area contributed by atoms with Gasteiger partial charge in [-0.2, -0.15) is 0 Å². The van der Waals surface area contributed by atoms with E-state index in [2.05, 4.69) is 41.3 Å². The Labute approximate surface area is 134 Å². The van der Waals surface area contributed by atoms with E-state index in [-0.39, 0.29) is 0 Å². The number of nitrogens with zero attached hydrogens (tertiary/aromatic N) is 2. The first-order valence-electron chi connectivity index (χ1n) is 7.91. The van der Waals surface area contributed by atoms with Crippen LogP contribution in [0.15, 0.2) is 24.3 Å². The quantitative estimate of drug-likeness (QED) is 0.871. The molecule has 0 saturated carbocycles. The highest BCUT2D eigenvalue weighted by molar-refractivity contribution is 6.30. The zero-order chi connectivity index (χ0) is 15.2. The number of hydrogen-bond acceptors (Lipinski definition) is 3. The number of benzene rings is 1. The molecule has 3 nitrogen and oxygen atoms in total. The van der Waals surface area contributed by atoms with Gasteiger partial charge in [0, 0.05) is 17.1 Å². The van der Waals surface area contributed by atoms with Crippen molar-refractivity contribution in [3.63, 3.8) is 0 Å². The molecule has 1 unspecified atom stereocenters. The third-order valence-corrected chi connectivity index (χ3v) is 4.92. The minimum atomic E-state index is 0.373. The molecule has 1 aliphatic heterocycles. The molecule has 4 heteroatoms. The Bertz CT molecular complexity index is 430. The van der Waals surface area contributed by atoms with E-state index in [0.29, 0.717) is 6.04 Å². The van der Waals surface area contributed by atoms with Crippen LogP contribution in [0.1, 0.15) is 30.9 Å². The second-order valence-electron chi connectivity index (χ2n) is 6.20. The molecule has 1 atom stereocenters. The Morgan fingerprint density at radius 2 is 2.10 bits per heavy atom. The van der Waals surface area contributed by atoms with Gasteiger partial charge in [-0.25, -0.2) is 0 Å². The third-order valence-electron chi connectivity index (χ3n) is 4.68. The molecule has 1 fully saturated rings. The lowest BCUT2D eigenvalue weighted by molar-refractivity contribution is 0.140. The highest BCUT2D eigenvalue weighted by atomic mass is 35.5. The number of rotatable bonds is 6. The SMILES string of the molecule is CNC(CCN(C)C1CCN(C)CC1)c1cccc(Cl)c1. The number of piperidine rings is 1. The van der Waals surface area contributed by atoms with Crippen molar-refractivity contribution in [2.45, 2.75) is 31.3 Å². The van der Waals surface area contributed by atoms with Crippen LogP contribution in [0.4, 0.5) is 0 Å². The molecule has 1 aromatic rings. The molecular formula is C17H28ClN3. The highest BCUT2D eigenvalue weighted by Gasteiger charge is 2.21. The summed E-state index contributed by atoms with van der Waals surface area (Å²) >= 11 is 6.10. The predicted octanol–water partition coefficient (Wildman–Crippen LogP) is 3.02. The van der Waals surface area contributed by atoms with Crippen LogP contribution in [0, 0.1) is 0 Å². The number of likely N-dealkylation sites (tertiary alicyclic amines) is 1. The smallest absolute Gasteiger partial charge is 0.0409 e. The Morgan fingerprint density at radius 3 is 2.71 bits per heavy atom. The van der Waals surface area contributed by atoms with E-state index < -0.39 is 0 Å². The van der Waals surface area contributed by atoms with Gasteiger partial charge in [-0.1, -0.05) is 23.7 Å². The fraction of sp³-hybridized carbons (Fsp3) is 0.647. The van der Waals surface area contributed by atoms with E-state index in [1.807, 2.05) is 19.2 Å². The lowest BCUT2D eigenvalue weighted by Gasteiger charge is -2.35. The van der Waals surface area contributed by atoms with Crippen LogP contribution >= 0.6 is 11.6 Å². The molecule has 1 aromatic carbocycles. The number of nitrogens with one attached hydrogen (secondary N) is 1. The lowest BCUT2D eigenvalue weighted by Crippen LogP contribution is -2.42. The molecule has 0 aromatic heterocycles. The summed E-state index contributed by atoms with van der Waals surface area (Å²) in [6.45, 7) is 3.56. The molecule has 0 spiro atoms. The maximum Gasteiger partial charge on any atom is 0.0409 e. The van der Waals surface area contributed by atoms with Crippen LogP contribution < -0.4 is 5.32 Å². The minimum Gasteiger partial charge on any atom is -0.313 e. The first-order valence-corrected chi connectivity index (χ1v) is 8.29. The molecule has 0 bridgehead atoms. The summed E-state index contributed by atoms with van der Waals surface area (Å²) in [7, 11) is 6.51. The van der Waals surface area contributed by atoms with E-state index in [0.717, 1.165) is 24.0 Å². The molecule has 0 amide bonds. The maximum absolute atomic E-state index is 6.10. The Morgan fingerprint density at radius 1 is 1.38 bits per heavy atom. The molecule has 118 valence electrons. The van der Waals surface area contributed by atoms with Crippen molar-refractivity contribution in [2.75, 3.05) is 40.8 Å². The molecular weight excluding hydrogens is 282 g/mol. The fourth-order valence-electron chi connectivity index (χ4n) is 3.15. The maximum atomic E-state index is 6.10. The fourth-order valence-corrected chi connectivity index (χ4v) is 3.35. The topological polar surface area (TPSA) is 18.5 Å². The average molecular weight is 310 g/mol. The third kappa shape index (κ3) is 4.96. The van der Waals surface area contributed by atoms with Crippen molar-refractivity contribution in [1.82, 2.24) is 15.1 Å². The second-order valence-corrected chi connectivity index (χ2v) is 6.64. The summed E-state index contributed by atoms with van der Waals surface area (Å²) in [5.74, 6) is 0. The molecule has 21 heavy (non-hydrogen) atoms. The van der Waals surface area contributed by atoms with Gasteiger partial charge in [-0.15, -0.1) is 0 Å². The van der Waals surface area contributed by atoms with E-state index in [4.69, 9.17) is 11.6 Å².